The van der Waals surface area contributed by atoms with Gasteiger partial charge in [0.1, 0.15) is 0 Å². The second-order valence-electron chi connectivity index (χ2n) is 4.79. The van der Waals surface area contributed by atoms with Crippen molar-refractivity contribution in [2.75, 3.05) is 13.6 Å². The van der Waals surface area contributed by atoms with Crippen LogP contribution in [0.3, 0.4) is 0 Å². The fourth-order valence-corrected chi connectivity index (χ4v) is 2.19. The summed E-state index contributed by atoms with van der Waals surface area (Å²) in [5, 5.41) is 10.7. The summed E-state index contributed by atoms with van der Waals surface area (Å²) < 4.78 is 0. The Hall–Kier alpha value is -2.13. The van der Waals surface area contributed by atoms with Gasteiger partial charge in [-0.15, -0.1) is 0 Å². The maximum atomic E-state index is 9.00. The molecule has 2 rings (SSSR count). The molecule has 0 aliphatic carbocycles. The normalized spacial score (nSPS) is 9.86. The zero-order chi connectivity index (χ0) is 15.5. The Bertz CT molecular complexity index is 468. The van der Waals surface area contributed by atoms with Gasteiger partial charge in [0.15, 0.2) is 0 Å². The molecule has 0 spiro atoms. The van der Waals surface area contributed by atoms with Gasteiger partial charge in [0.25, 0.3) is 5.97 Å². The second-order valence-corrected chi connectivity index (χ2v) is 4.79. The fraction of sp³-hybridized carbons (Fsp3) is 0.278. The SMILES string of the molecule is CC(=O)O.CNCCC(c1ccccc1)c1ccccc1. The zero-order valence-electron chi connectivity index (χ0n) is 12.6. The predicted octanol–water partition coefficient (Wildman–Crippen LogP) is 3.52. The van der Waals surface area contributed by atoms with Gasteiger partial charge in [-0.1, -0.05) is 60.7 Å². The Morgan fingerprint density at radius 3 is 1.71 bits per heavy atom. The minimum atomic E-state index is -0.833. The molecule has 0 amide bonds. The van der Waals surface area contributed by atoms with Crippen molar-refractivity contribution in [3.05, 3.63) is 71.8 Å². The number of rotatable bonds is 5. The standard InChI is InChI=1S/C16H19N.C2H4O2/c1-17-13-12-16(14-8-4-2-5-9-14)15-10-6-3-7-11-15;1-2(3)4/h2-11,16-17H,12-13H2,1H3;1H3,(H,3,4). The Kier molecular flexibility index (Phi) is 7.84. The van der Waals surface area contributed by atoms with E-state index in [0.717, 1.165) is 19.9 Å². The minimum Gasteiger partial charge on any atom is -0.481 e. The lowest BCUT2D eigenvalue weighted by molar-refractivity contribution is -0.134. The Morgan fingerprint density at radius 2 is 1.38 bits per heavy atom. The van der Waals surface area contributed by atoms with Crippen molar-refractivity contribution in [2.45, 2.75) is 19.3 Å². The third kappa shape index (κ3) is 6.72. The van der Waals surface area contributed by atoms with Gasteiger partial charge in [-0.2, -0.15) is 0 Å². The largest absolute Gasteiger partial charge is 0.481 e. The van der Waals surface area contributed by atoms with E-state index in [1.807, 2.05) is 7.05 Å². The van der Waals surface area contributed by atoms with Crippen LogP contribution in [0.4, 0.5) is 0 Å². The molecule has 0 radical (unpaired) electrons. The molecule has 0 aromatic heterocycles. The van der Waals surface area contributed by atoms with E-state index in [4.69, 9.17) is 9.90 Å². The van der Waals surface area contributed by atoms with E-state index in [-0.39, 0.29) is 0 Å². The smallest absolute Gasteiger partial charge is 0.300 e. The highest BCUT2D eigenvalue weighted by molar-refractivity contribution is 5.62. The first-order valence-electron chi connectivity index (χ1n) is 7.09. The maximum absolute atomic E-state index is 9.00. The van der Waals surface area contributed by atoms with Crippen molar-refractivity contribution in [3.8, 4) is 0 Å². The summed E-state index contributed by atoms with van der Waals surface area (Å²) in [6, 6.07) is 21.5. The number of nitrogens with one attached hydrogen (secondary N) is 1. The number of hydrogen-bond donors (Lipinski definition) is 2. The summed E-state index contributed by atoms with van der Waals surface area (Å²) in [4.78, 5) is 9.00. The highest BCUT2D eigenvalue weighted by Crippen LogP contribution is 2.27. The molecule has 2 N–H and O–H groups in total. The van der Waals surface area contributed by atoms with Crippen molar-refractivity contribution in [3.63, 3.8) is 0 Å². The van der Waals surface area contributed by atoms with E-state index in [1.54, 1.807) is 0 Å². The van der Waals surface area contributed by atoms with Gasteiger partial charge >= 0.3 is 0 Å². The third-order valence-corrected chi connectivity index (χ3v) is 3.09. The molecule has 0 saturated heterocycles. The van der Waals surface area contributed by atoms with Gasteiger partial charge in [-0.05, 0) is 31.1 Å². The van der Waals surface area contributed by atoms with Crippen LogP contribution in [-0.2, 0) is 4.79 Å². The van der Waals surface area contributed by atoms with Gasteiger partial charge in [-0.3, -0.25) is 4.79 Å². The average molecular weight is 285 g/mol. The van der Waals surface area contributed by atoms with Crippen LogP contribution >= 0.6 is 0 Å². The van der Waals surface area contributed by atoms with E-state index in [0.29, 0.717) is 5.92 Å². The molecule has 0 aliphatic heterocycles. The van der Waals surface area contributed by atoms with Gasteiger partial charge in [0.05, 0.1) is 0 Å². The monoisotopic (exact) mass is 285 g/mol. The Morgan fingerprint density at radius 1 is 1.00 bits per heavy atom. The van der Waals surface area contributed by atoms with Crippen LogP contribution in [0.25, 0.3) is 0 Å². The summed E-state index contributed by atoms with van der Waals surface area (Å²) in [5.41, 5.74) is 2.79. The summed E-state index contributed by atoms with van der Waals surface area (Å²) in [6.07, 6.45) is 1.13. The summed E-state index contributed by atoms with van der Waals surface area (Å²) in [5.74, 6) is -0.343. The van der Waals surface area contributed by atoms with Crippen LogP contribution in [0.2, 0.25) is 0 Å². The number of carbonyl (C=O) groups is 1. The number of benzene rings is 2. The van der Waals surface area contributed by atoms with Crippen molar-refractivity contribution >= 4 is 5.97 Å². The number of hydrogen-bond acceptors (Lipinski definition) is 2. The first kappa shape index (κ1) is 16.9. The first-order valence-corrected chi connectivity index (χ1v) is 7.09. The Balaban J connectivity index is 0.000000491. The molecular formula is C18H23NO2. The molecule has 2 aromatic carbocycles. The number of aliphatic carboxylic acids is 1. The van der Waals surface area contributed by atoms with Crippen molar-refractivity contribution in [1.82, 2.24) is 5.32 Å². The number of carboxylic acids is 1. The topological polar surface area (TPSA) is 49.3 Å². The average Bonchev–Trinajstić information content (AvgIpc) is 2.49. The first-order chi connectivity index (χ1) is 10.1. The summed E-state index contributed by atoms with van der Waals surface area (Å²) in [7, 11) is 2.01. The summed E-state index contributed by atoms with van der Waals surface area (Å²) >= 11 is 0. The molecule has 0 unspecified atom stereocenters. The predicted molar refractivity (Wildman–Crippen MR) is 86.6 cm³/mol. The maximum Gasteiger partial charge on any atom is 0.300 e. The molecule has 0 atom stereocenters. The van der Waals surface area contributed by atoms with E-state index in [1.165, 1.54) is 11.1 Å². The summed E-state index contributed by atoms with van der Waals surface area (Å²) in [6.45, 7) is 2.12. The molecular weight excluding hydrogens is 262 g/mol. The molecule has 0 heterocycles. The highest BCUT2D eigenvalue weighted by atomic mass is 16.4. The van der Waals surface area contributed by atoms with E-state index >= 15 is 0 Å². The van der Waals surface area contributed by atoms with E-state index in [2.05, 4.69) is 66.0 Å². The van der Waals surface area contributed by atoms with Crippen LogP contribution in [0.15, 0.2) is 60.7 Å². The lowest BCUT2D eigenvalue weighted by atomic mass is 9.88. The van der Waals surface area contributed by atoms with Gasteiger partial charge < -0.3 is 10.4 Å². The zero-order valence-corrected chi connectivity index (χ0v) is 12.6. The fourth-order valence-electron chi connectivity index (χ4n) is 2.19. The van der Waals surface area contributed by atoms with Crippen LogP contribution in [0.5, 0.6) is 0 Å². The minimum absolute atomic E-state index is 0.491. The molecule has 0 aliphatic rings. The third-order valence-electron chi connectivity index (χ3n) is 3.09. The lowest BCUT2D eigenvalue weighted by Crippen LogP contribution is -2.13. The molecule has 2 aromatic rings. The molecule has 0 bridgehead atoms. The van der Waals surface area contributed by atoms with E-state index < -0.39 is 5.97 Å². The second kappa shape index (κ2) is 9.72. The van der Waals surface area contributed by atoms with E-state index in [9.17, 15) is 0 Å². The Labute approximate surface area is 126 Å². The van der Waals surface area contributed by atoms with Crippen LogP contribution in [-0.4, -0.2) is 24.7 Å². The van der Waals surface area contributed by atoms with Crippen LogP contribution < -0.4 is 5.32 Å². The van der Waals surface area contributed by atoms with Crippen molar-refractivity contribution in [2.24, 2.45) is 0 Å². The quantitative estimate of drug-likeness (QED) is 0.883. The number of carboxylic acid groups (broad SMARTS) is 1. The molecule has 3 nitrogen and oxygen atoms in total. The van der Waals surface area contributed by atoms with Gasteiger partial charge in [0, 0.05) is 12.8 Å². The molecule has 0 saturated carbocycles. The van der Waals surface area contributed by atoms with Crippen molar-refractivity contribution < 1.29 is 9.90 Å². The highest BCUT2D eigenvalue weighted by Gasteiger charge is 2.12. The molecule has 112 valence electrons. The van der Waals surface area contributed by atoms with Crippen LogP contribution in [0, 0.1) is 0 Å². The van der Waals surface area contributed by atoms with Crippen LogP contribution in [0.1, 0.15) is 30.4 Å². The van der Waals surface area contributed by atoms with Gasteiger partial charge in [-0.25, -0.2) is 0 Å². The molecule has 3 heteroatoms. The molecule has 21 heavy (non-hydrogen) atoms. The molecule has 0 fully saturated rings. The van der Waals surface area contributed by atoms with Gasteiger partial charge in [0.2, 0.25) is 0 Å². The van der Waals surface area contributed by atoms with Crippen molar-refractivity contribution in [1.29, 1.82) is 0 Å². The lowest BCUT2D eigenvalue weighted by Gasteiger charge is -2.17.